The summed E-state index contributed by atoms with van der Waals surface area (Å²) in [5.74, 6) is 2.46. The Balaban J connectivity index is 2.07. The molecule has 1 N–H and O–H groups in total. The maximum Gasteiger partial charge on any atom is 0.237 e. The van der Waals surface area contributed by atoms with Gasteiger partial charge < -0.3 is 14.8 Å². The molecule has 2 rings (SSSR count). The summed E-state index contributed by atoms with van der Waals surface area (Å²) in [6.07, 6.45) is 3.29. The van der Waals surface area contributed by atoms with Gasteiger partial charge in [-0.15, -0.1) is 11.8 Å². The molecule has 19 heavy (non-hydrogen) atoms. The van der Waals surface area contributed by atoms with E-state index in [2.05, 4.69) is 5.32 Å². The highest BCUT2D eigenvalue weighted by Crippen LogP contribution is 2.31. The molecule has 1 fully saturated rings. The molecule has 0 aromatic heterocycles. The third-order valence-electron chi connectivity index (χ3n) is 3.14. The summed E-state index contributed by atoms with van der Waals surface area (Å²) in [5.41, 5.74) is 0.694. The number of thioether (sulfide) groups is 1. The highest BCUT2D eigenvalue weighted by atomic mass is 32.2. The van der Waals surface area contributed by atoms with Gasteiger partial charge >= 0.3 is 0 Å². The van der Waals surface area contributed by atoms with Crippen molar-refractivity contribution < 1.29 is 14.3 Å². The Labute approximate surface area is 117 Å². The van der Waals surface area contributed by atoms with Crippen LogP contribution in [-0.2, 0) is 4.79 Å². The Morgan fingerprint density at radius 2 is 2.16 bits per heavy atom. The summed E-state index contributed by atoms with van der Waals surface area (Å²) in [6.45, 7) is 0. The van der Waals surface area contributed by atoms with Crippen molar-refractivity contribution in [3.63, 3.8) is 0 Å². The average molecular weight is 281 g/mol. The topological polar surface area (TPSA) is 47.6 Å². The molecule has 0 spiro atoms. The van der Waals surface area contributed by atoms with Gasteiger partial charge in [0.25, 0.3) is 0 Å². The summed E-state index contributed by atoms with van der Waals surface area (Å²) in [7, 11) is 3.19. The predicted octanol–water partition coefficient (Wildman–Crippen LogP) is 2.93. The number of hydrogen-bond donors (Lipinski definition) is 1. The summed E-state index contributed by atoms with van der Waals surface area (Å²) < 4.78 is 10.4. The predicted molar refractivity (Wildman–Crippen MR) is 78.3 cm³/mol. The van der Waals surface area contributed by atoms with E-state index < -0.39 is 0 Å². The van der Waals surface area contributed by atoms with Gasteiger partial charge in [-0.05, 0) is 30.7 Å². The first-order valence-corrected chi connectivity index (χ1v) is 7.44. The zero-order valence-electron chi connectivity index (χ0n) is 11.3. The van der Waals surface area contributed by atoms with Crippen LogP contribution in [-0.4, -0.2) is 31.1 Å². The van der Waals surface area contributed by atoms with Gasteiger partial charge in [0.15, 0.2) is 0 Å². The molecule has 4 nitrogen and oxygen atoms in total. The van der Waals surface area contributed by atoms with Crippen molar-refractivity contribution in [2.45, 2.75) is 24.5 Å². The maximum absolute atomic E-state index is 12.2. The van der Waals surface area contributed by atoms with Crippen molar-refractivity contribution in [1.82, 2.24) is 0 Å². The molecule has 0 bridgehead atoms. The number of methoxy groups -OCH3 is 2. The second kappa shape index (κ2) is 6.70. The van der Waals surface area contributed by atoms with E-state index in [1.165, 1.54) is 6.42 Å². The normalized spacial score (nSPS) is 18.7. The summed E-state index contributed by atoms with van der Waals surface area (Å²) >= 11 is 1.73. The summed E-state index contributed by atoms with van der Waals surface area (Å²) in [6, 6.07) is 5.39. The molecule has 1 atom stereocenters. The zero-order valence-corrected chi connectivity index (χ0v) is 12.1. The van der Waals surface area contributed by atoms with Crippen LogP contribution in [0.2, 0.25) is 0 Å². The van der Waals surface area contributed by atoms with Gasteiger partial charge in [0.2, 0.25) is 5.91 Å². The van der Waals surface area contributed by atoms with Crippen LogP contribution in [0.25, 0.3) is 0 Å². The van der Waals surface area contributed by atoms with Gasteiger partial charge in [-0.2, -0.15) is 0 Å². The van der Waals surface area contributed by atoms with Crippen LogP contribution in [0.3, 0.4) is 0 Å². The molecule has 1 unspecified atom stereocenters. The van der Waals surface area contributed by atoms with Gasteiger partial charge in [0, 0.05) is 6.07 Å². The molecule has 1 aromatic carbocycles. The number of ether oxygens (including phenoxy) is 2. The first kappa shape index (κ1) is 14.1. The van der Waals surface area contributed by atoms with E-state index in [0.29, 0.717) is 17.2 Å². The second-order valence-electron chi connectivity index (χ2n) is 4.41. The van der Waals surface area contributed by atoms with Gasteiger partial charge in [-0.1, -0.05) is 6.42 Å². The van der Waals surface area contributed by atoms with E-state index in [9.17, 15) is 4.79 Å². The van der Waals surface area contributed by atoms with E-state index in [-0.39, 0.29) is 11.2 Å². The highest BCUT2D eigenvalue weighted by Gasteiger charge is 2.22. The van der Waals surface area contributed by atoms with Crippen molar-refractivity contribution in [2.75, 3.05) is 25.3 Å². The smallest absolute Gasteiger partial charge is 0.237 e. The molecular formula is C14H19NO3S. The lowest BCUT2D eigenvalue weighted by Gasteiger charge is -2.21. The molecule has 5 heteroatoms. The van der Waals surface area contributed by atoms with E-state index in [1.54, 1.807) is 32.0 Å². The molecule has 0 radical (unpaired) electrons. The van der Waals surface area contributed by atoms with Crippen LogP contribution >= 0.6 is 11.8 Å². The quantitative estimate of drug-likeness (QED) is 0.922. The third kappa shape index (κ3) is 3.56. The first-order valence-electron chi connectivity index (χ1n) is 6.39. The molecule has 104 valence electrons. The van der Waals surface area contributed by atoms with Crippen LogP contribution in [0, 0.1) is 0 Å². The van der Waals surface area contributed by atoms with E-state index in [1.807, 2.05) is 12.1 Å². The average Bonchev–Trinajstić information content (AvgIpc) is 2.48. The SMILES string of the molecule is COc1ccc(NC(=O)C2CCCCS2)c(OC)c1. The number of nitrogens with one attached hydrogen (secondary N) is 1. The van der Waals surface area contributed by atoms with Crippen LogP contribution in [0.1, 0.15) is 19.3 Å². The van der Waals surface area contributed by atoms with Crippen molar-refractivity contribution in [2.24, 2.45) is 0 Å². The lowest BCUT2D eigenvalue weighted by molar-refractivity contribution is -0.115. The van der Waals surface area contributed by atoms with Gasteiger partial charge in [0.1, 0.15) is 11.5 Å². The summed E-state index contributed by atoms with van der Waals surface area (Å²) in [5, 5.41) is 3.00. The standard InChI is InChI=1S/C14H19NO3S/c1-17-10-6-7-11(12(9-10)18-2)15-14(16)13-5-3-4-8-19-13/h6-7,9,13H,3-5,8H2,1-2H3,(H,15,16). The Kier molecular flexibility index (Phi) is 4.96. The van der Waals surface area contributed by atoms with E-state index in [0.717, 1.165) is 18.6 Å². The number of carbonyl (C=O) groups excluding carboxylic acids is 1. The highest BCUT2D eigenvalue weighted by molar-refractivity contribution is 8.00. The number of anilines is 1. The Hall–Kier alpha value is -1.36. The molecular weight excluding hydrogens is 262 g/mol. The van der Waals surface area contributed by atoms with Gasteiger partial charge in [0.05, 0.1) is 25.2 Å². The largest absolute Gasteiger partial charge is 0.497 e. The molecule has 1 amide bonds. The van der Waals surface area contributed by atoms with Crippen molar-refractivity contribution >= 4 is 23.4 Å². The Bertz CT molecular complexity index is 444. The van der Waals surface area contributed by atoms with Crippen molar-refractivity contribution in [3.05, 3.63) is 18.2 Å². The van der Waals surface area contributed by atoms with Crippen molar-refractivity contribution in [3.8, 4) is 11.5 Å². The third-order valence-corrected chi connectivity index (χ3v) is 4.52. The van der Waals surface area contributed by atoms with Crippen molar-refractivity contribution in [1.29, 1.82) is 0 Å². The molecule has 1 aliphatic heterocycles. The molecule has 1 saturated heterocycles. The molecule has 0 saturated carbocycles. The fourth-order valence-corrected chi connectivity index (χ4v) is 3.26. The second-order valence-corrected chi connectivity index (χ2v) is 5.72. The fraction of sp³-hybridized carbons (Fsp3) is 0.500. The van der Waals surface area contributed by atoms with E-state index in [4.69, 9.17) is 9.47 Å². The lowest BCUT2D eigenvalue weighted by Crippen LogP contribution is -2.27. The Morgan fingerprint density at radius 1 is 1.32 bits per heavy atom. The van der Waals surface area contributed by atoms with Crippen LogP contribution < -0.4 is 14.8 Å². The molecule has 1 aromatic rings. The fourth-order valence-electron chi connectivity index (χ4n) is 2.06. The number of carbonyl (C=O) groups is 1. The minimum Gasteiger partial charge on any atom is -0.497 e. The minimum atomic E-state index is 0.0561. The molecule has 0 aliphatic carbocycles. The monoisotopic (exact) mass is 281 g/mol. The zero-order chi connectivity index (χ0) is 13.7. The molecule has 1 heterocycles. The molecule has 1 aliphatic rings. The van der Waals surface area contributed by atoms with Crippen LogP contribution in [0.5, 0.6) is 11.5 Å². The number of rotatable bonds is 4. The van der Waals surface area contributed by atoms with Crippen LogP contribution in [0.4, 0.5) is 5.69 Å². The Morgan fingerprint density at radius 3 is 2.79 bits per heavy atom. The number of amides is 1. The maximum atomic E-state index is 12.2. The number of hydrogen-bond acceptors (Lipinski definition) is 4. The summed E-state index contributed by atoms with van der Waals surface area (Å²) in [4.78, 5) is 12.2. The van der Waals surface area contributed by atoms with E-state index >= 15 is 0 Å². The van der Waals surface area contributed by atoms with Crippen LogP contribution in [0.15, 0.2) is 18.2 Å². The van der Waals surface area contributed by atoms with Gasteiger partial charge in [-0.3, -0.25) is 4.79 Å². The first-order chi connectivity index (χ1) is 9.24. The lowest BCUT2D eigenvalue weighted by atomic mass is 10.1. The van der Waals surface area contributed by atoms with Gasteiger partial charge in [-0.25, -0.2) is 0 Å². The number of benzene rings is 1. The minimum absolute atomic E-state index is 0.0561.